The van der Waals surface area contributed by atoms with Crippen molar-refractivity contribution in [2.24, 2.45) is 5.92 Å². The van der Waals surface area contributed by atoms with Crippen molar-refractivity contribution in [3.05, 3.63) is 71.4 Å². The Bertz CT molecular complexity index is 1380. The first-order valence-electron chi connectivity index (χ1n) is 13.4. The molecule has 11 nitrogen and oxygen atoms in total. The number of hydrogen-bond acceptors (Lipinski definition) is 7. The van der Waals surface area contributed by atoms with Gasteiger partial charge in [-0.3, -0.25) is 19.8 Å². The molecule has 2 saturated heterocycles. The molecule has 2 aromatic carbocycles. The third kappa shape index (κ3) is 6.16. The van der Waals surface area contributed by atoms with Crippen LogP contribution in [0.1, 0.15) is 28.0 Å². The highest BCUT2D eigenvalue weighted by atomic mass is 16.5. The molecule has 3 aromatic rings. The van der Waals surface area contributed by atoms with Crippen LogP contribution in [0.15, 0.2) is 54.6 Å². The zero-order valence-corrected chi connectivity index (χ0v) is 22.3. The van der Waals surface area contributed by atoms with Crippen LogP contribution in [-0.4, -0.2) is 83.3 Å². The first-order valence-corrected chi connectivity index (χ1v) is 13.4. The van der Waals surface area contributed by atoms with Crippen LogP contribution in [0.4, 0.5) is 4.79 Å². The molecule has 0 spiro atoms. The average Bonchev–Trinajstić information content (AvgIpc) is 2.99. The third-order valence-electron chi connectivity index (χ3n) is 7.37. The van der Waals surface area contributed by atoms with Gasteiger partial charge in [0.25, 0.3) is 5.91 Å². The molecule has 40 heavy (non-hydrogen) atoms. The number of urea groups is 1. The van der Waals surface area contributed by atoms with Gasteiger partial charge in [-0.05, 0) is 49.7 Å². The number of ether oxygens (including phenoxy) is 2. The minimum Gasteiger partial charge on any atom is -0.489 e. The van der Waals surface area contributed by atoms with E-state index >= 15 is 0 Å². The van der Waals surface area contributed by atoms with Gasteiger partial charge in [-0.2, -0.15) is 0 Å². The summed E-state index contributed by atoms with van der Waals surface area (Å²) in [6.45, 7) is 4.75. The van der Waals surface area contributed by atoms with Crippen LogP contribution < -0.4 is 15.5 Å². The van der Waals surface area contributed by atoms with Crippen molar-refractivity contribution in [1.82, 2.24) is 25.6 Å². The van der Waals surface area contributed by atoms with E-state index in [2.05, 4.69) is 10.3 Å². The number of nitrogens with one attached hydrogen (secondary N) is 2. The summed E-state index contributed by atoms with van der Waals surface area (Å²) in [4.78, 5) is 46.4. The number of likely N-dealkylation sites (tertiary alicyclic amines) is 1. The Balaban J connectivity index is 1.23. The van der Waals surface area contributed by atoms with Crippen molar-refractivity contribution in [2.45, 2.75) is 26.0 Å². The van der Waals surface area contributed by atoms with Crippen molar-refractivity contribution >= 4 is 28.7 Å². The fourth-order valence-electron chi connectivity index (χ4n) is 5.25. The molecule has 0 saturated carbocycles. The number of carbonyl (C=O) groups is 3. The summed E-state index contributed by atoms with van der Waals surface area (Å²) in [5.74, 6) is -1.05. The molecular weight excluding hydrogens is 514 g/mol. The van der Waals surface area contributed by atoms with Gasteiger partial charge in [-0.1, -0.05) is 18.2 Å². The van der Waals surface area contributed by atoms with E-state index < -0.39 is 17.9 Å². The number of morpholine rings is 1. The summed E-state index contributed by atoms with van der Waals surface area (Å²) in [7, 11) is 0. The van der Waals surface area contributed by atoms with Gasteiger partial charge in [-0.25, -0.2) is 10.3 Å². The Morgan fingerprint density at radius 1 is 1.05 bits per heavy atom. The van der Waals surface area contributed by atoms with E-state index in [4.69, 9.17) is 9.47 Å². The van der Waals surface area contributed by atoms with E-state index in [9.17, 15) is 19.6 Å². The van der Waals surface area contributed by atoms with Crippen LogP contribution in [0.5, 0.6) is 5.75 Å². The molecule has 5 rings (SSSR count). The van der Waals surface area contributed by atoms with E-state index in [0.29, 0.717) is 57.2 Å². The number of benzene rings is 2. The molecule has 2 fully saturated rings. The maximum absolute atomic E-state index is 13.1. The van der Waals surface area contributed by atoms with Crippen LogP contribution in [0.2, 0.25) is 0 Å². The zero-order valence-electron chi connectivity index (χ0n) is 22.3. The SMILES string of the molecule is Cc1cc(COc2ccc(C(=O)N[C@@H]3CN(C(=O)N4CCOCC4)CC[C@@H]3C(=O)NO)cc2)c2ccccc2n1. The van der Waals surface area contributed by atoms with E-state index in [-0.39, 0.29) is 18.5 Å². The van der Waals surface area contributed by atoms with Gasteiger partial charge in [0.15, 0.2) is 0 Å². The second-order valence-corrected chi connectivity index (χ2v) is 10.0. The summed E-state index contributed by atoms with van der Waals surface area (Å²) in [6, 6.07) is 15.8. The maximum Gasteiger partial charge on any atom is 0.320 e. The number of fused-ring (bicyclic) bond motifs is 1. The fraction of sp³-hybridized carbons (Fsp3) is 0.379. The summed E-state index contributed by atoms with van der Waals surface area (Å²) >= 11 is 0. The maximum atomic E-state index is 13.1. The molecule has 0 unspecified atom stereocenters. The summed E-state index contributed by atoms with van der Waals surface area (Å²) in [5, 5.41) is 13.2. The highest BCUT2D eigenvalue weighted by Crippen LogP contribution is 2.23. The van der Waals surface area contributed by atoms with E-state index in [1.165, 1.54) is 0 Å². The van der Waals surface area contributed by atoms with Gasteiger partial charge in [0.1, 0.15) is 12.4 Å². The molecule has 4 amide bonds. The molecule has 2 aliphatic rings. The number of aromatic nitrogens is 1. The molecule has 0 aliphatic carbocycles. The molecule has 3 heterocycles. The van der Waals surface area contributed by atoms with E-state index in [1.54, 1.807) is 39.5 Å². The van der Waals surface area contributed by atoms with Gasteiger partial charge in [0, 0.05) is 48.4 Å². The number of hydroxylamine groups is 1. The lowest BCUT2D eigenvalue weighted by Crippen LogP contribution is -2.60. The highest BCUT2D eigenvalue weighted by Gasteiger charge is 2.38. The lowest BCUT2D eigenvalue weighted by molar-refractivity contribution is -0.135. The molecule has 3 N–H and O–H groups in total. The van der Waals surface area contributed by atoms with Crippen LogP contribution in [0.3, 0.4) is 0 Å². The number of amides is 4. The number of pyridine rings is 1. The van der Waals surface area contributed by atoms with Crippen LogP contribution in [0.25, 0.3) is 10.9 Å². The van der Waals surface area contributed by atoms with Gasteiger partial charge in [0.05, 0.1) is 30.7 Å². The van der Waals surface area contributed by atoms with Crippen molar-refractivity contribution in [1.29, 1.82) is 0 Å². The van der Waals surface area contributed by atoms with Crippen molar-refractivity contribution in [2.75, 3.05) is 39.4 Å². The van der Waals surface area contributed by atoms with Crippen molar-refractivity contribution in [3.8, 4) is 5.75 Å². The monoisotopic (exact) mass is 547 g/mol. The number of hydrogen-bond donors (Lipinski definition) is 3. The summed E-state index contributed by atoms with van der Waals surface area (Å²) in [5.41, 5.74) is 4.92. The number of nitrogens with zero attached hydrogens (tertiary/aromatic N) is 3. The second-order valence-electron chi connectivity index (χ2n) is 10.0. The predicted molar refractivity (Wildman–Crippen MR) is 146 cm³/mol. The molecule has 0 radical (unpaired) electrons. The van der Waals surface area contributed by atoms with Gasteiger partial charge < -0.3 is 24.6 Å². The van der Waals surface area contributed by atoms with E-state index in [1.807, 2.05) is 37.3 Å². The largest absolute Gasteiger partial charge is 0.489 e. The van der Waals surface area contributed by atoms with Crippen molar-refractivity contribution < 1.29 is 29.1 Å². The van der Waals surface area contributed by atoms with Gasteiger partial charge >= 0.3 is 6.03 Å². The van der Waals surface area contributed by atoms with Gasteiger partial charge in [-0.15, -0.1) is 0 Å². The molecule has 0 bridgehead atoms. The molecule has 2 atom stereocenters. The smallest absolute Gasteiger partial charge is 0.320 e. The predicted octanol–water partition coefficient (Wildman–Crippen LogP) is 2.50. The number of para-hydroxylation sites is 1. The lowest BCUT2D eigenvalue weighted by Gasteiger charge is -2.40. The standard InChI is InChI=1S/C29H33N5O6/c1-19-16-21(23-4-2-3-5-25(23)30-19)18-40-22-8-6-20(7-9-22)27(35)31-26-17-34(11-10-24(26)28(36)32-38)29(37)33-12-14-39-15-13-33/h2-9,16,24,26,38H,10-15,17-18H2,1H3,(H,31,35)(H,32,36)/t24-,26+/m0/s1. The Hall–Kier alpha value is -4.22. The number of piperidine rings is 1. The number of carbonyl (C=O) groups excluding carboxylic acids is 3. The van der Waals surface area contributed by atoms with E-state index in [0.717, 1.165) is 22.2 Å². The topological polar surface area (TPSA) is 133 Å². The second kappa shape index (κ2) is 12.3. The van der Waals surface area contributed by atoms with Gasteiger partial charge in [0.2, 0.25) is 5.91 Å². The Morgan fingerprint density at radius 3 is 2.55 bits per heavy atom. The first-order chi connectivity index (χ1) is 19.4. The van der Waals surface area contributed by atoms with Crippen LogP contribution >= 0.6 is 0 Å². The molecule has 2 aliphatic heterocycles. The Labute approximate surface area is 232 Å². The molecular formula is C29H33N5O6. The molecule has 210 valence electrons. The minimum absolute atomic E-state index is 0.149. The average molecular weight is 548 g/mol. The Kier molecular flexibility index (Phi) is 8.42. The minimum atomic E-state index is -0.677. The third-order valence-corrected chi connectivity index (χ3v) is 7.37. The molecule has 11 heteroatoms. The Morgan fingerprint density at radius 2 is 1.80 bits per heavy atom. The first kappa shape index (κ1) is 27.4. The van der Waals surface area contributed by atoms with Crippen LogP contribution in [0, 0.1) is 12.8 Å². The normalized spacial score (nSPS) is 19.2. The summed E-state index contributed by atoms with van der Waals surface area (Å²) < 4.78 is 11.3. The lowest BCUT2D eigenvalue weighted by atomic mass is 9.90. The quantitative estimate of drug-likeness (QED) is 0.319. The number of aryl methyl sites for hydroxylation is 1. The zero-order chi connectivity index (χ0) is 28.1. The molecule has 1 aromatic heterocycles. The number of rotatable bonds is 6. The van der Waals surface area contributed by atoms with Crippen LogP contribution in [-0.2, 0) is 16.1 Å². The fourth-order valence-corrected chi connectivity index (χ4v) is 5.25. The van der Waals surface area contributed by atoms with Crippen molar-refractivity contribution in [3.63, 3.8) is 0 Å². The summed E-state index contributed by atoms with van der Waals surface area (Å²) in [6.07, 6.45) is 0.309. The highest BCUT2D eigenvalue weighted by molar-refractivity contribution is 5.95.